The Balaban J connectivity index is 1.71. The van der Waals surface area contributed by atoms with Crippen molar-refractivity contribution < 1.29 is 28.7 Å². The van der Waals surface area contributed by atoms with E-state index in [-0.39, 0.29) is 23.4 Å². The first-order valence-electron chi connectivity index (χ1n) is 12.5. The molecule has 2 amide bonds. The second-order valence-electron chi connectivity index (χ2n) is 7.14. The number of nitrogens with zero attached hydrogens (tertiary/aromatic N) is 2. The average Bonchev–Trinajstić information content (AvgIpc) is 3.35. The first kappa shape index (κ1) is 10.9. The number of likely N-dealkylation sites (N-methyl/N-ethyl adjacent to an activating group) is 1. The summed E-state index contributed by atoms with van der Waals surface area (Å²) in [6, 6.07) is 2.39. The van der Waals surface area contributed by atoms with Crippen molar-refractivity contribution in [1.29, 1.82) is 0 Å². The average molecular weight is 396 g/mol. The van der Waals surface area contributed by atoms with Crippen molar-refractivity contribution in [2.45, 2.75) is 18.5 Å². The first-order chi connectivity index (χ1) is 16.8. The van der Waals surface area contributed by atoms with E-state index in [0.29, 0.717) is 10.9 Å². The Morgan fingerprint density at radius 1 is 1.21 bits per heavy atom. The number of benzene rings is 2. The van der Waals surface area contributed by atoms with Crippen molar-refractivity contribution in [1.82, 2.24) is 14.8 Å². The van der Waals surface area contributed by atoms with Crippen LogP contribution in [0.5, 0.6) is 11.5 Å². The summed E-state index contributed by atoms with van der Waals surface area (Å²) in [6.45, 7) is -2.99. The standard InChI is InChI=1S/C22H19N3O4/c1-24-10-19(26)25-16(22(24)27)9-14-13-4-2-3-5-15(13)23-20(14)21(25)12-6-7-17-18(8-12)29-11-28-17/h2-8,16,21,23H,9-11H2,1H3/t16-,21?/m1/s1/i6D,7D,8D,9D2,11D2. The van der Waals surface area contributed by atoms with Crippen LogP contribution in [0.15, 0.2) is 42.4 Å². The van der Waals surface area contributed by atoms with E-state index in [1.54, 1.807) is 24.3 Å². The van der Waals surface area contributed by atoms with E-state index >= 15 is 0 Å². The van der Waals surface area contributed by atoms with Gasteiger partial charge in [-0.3, -0.25) is 9.59 Å². The van der Waals surface area contributed by atoms with E-state index in [9.17, 15) is 9.59 Å². The predicted molar refractivity (Wildman–Crippen MR) is 105 cm³/mol. The minimum Gasteiger partial charge on any atom is -0.454 e. The number of carbonyl (C=O) groups is 2. The van der Waals surface area contributed by atoms with Crippen molar-refractivity contribution >= 4 is 22.7 Å². The predicted octanol–water partition coefficient (Wildman–Crippen LogP) is 2.21. The summed E-state index contributed by atoms with van der Waals surface area (Å²) in [7, 11) is 1.41. The minimum absolute atomic E-state index is 0.124. The van der Waals surface area contributed by atoms with Gasteiger partial charge in [0, 0.05) is 32.8 Å². The van der Waals surface area contributed by atoms with Crippen LogP contribution in [0.1, 0.15) is 32.5 Å². The third-order valence-electron chi connectivity index (χ3n) is 5.44. The number of aromatic nitrogens is 1. The lowest BCUT2D eigenvalue weighted by atomic mass is 9.86. The van der Waals surface area contributed by atoms with Crippen LogP contribution in [0.25, 0.3) is 10.9 Å². The molecule has 146 valence electrons. The number of hydrogen-bond acceptors (Lipinski definition) is 4. The summed E-state index contributed by atoms with van der Waals surface area (Å²) in [5.41, 5.74) is 0.635. The lowest BCUT2D eigenvalue weighted by Gasteiger charge is -2.46. The monoisotopic (exact) mass is 396 g/mol. The van der Waals surface area contributed by atoms with Crippen molar-refractivity contribution in [2.24, 2.45) is 0 Å². The van der Waals surface area contributed by atoms with Crippen LogP contribution in [-0.2, 0) is 16.0 Å². The fourth-order valence-electron chi connectivity index (χ4n) is 4.12. The zero-order chi connectivity index (χ0) is 25.9. The molecule has 2 atom stereocenters. The molecule has 1 fully saturated rings. The quantitative estimate of drug-likeness (QED) is 0.684. The molecule has 7 heteroatoms. The van der Waals surface area contributed by atoms with Crippen LogP contribution >= 0.6 is 0 Å². The topological polar surface area (TPSA) is 74.9 Å². The van der Waals surface area contributed by atoms with Crippen molar-refractivity contribution in [3.8, 4) is 11.5 Å². The number of nitrogens with one attached hydrogen (secondary N) is 1. The largest absolute Gasteiger partial charge is 0.454 e. The molecule has 3 aliphatic rings. The fraction of sp³-hybridized carbons (Fsp3) is 0.273. The van der Waals surface area contributed by atoms with Crippen molar-refractivity contribution in [2.75, 3.05) is 20.3 Å². The second-order valence-corrected chi connectivity index (χ2v) is 7.14. The molecule has 2 aromatic carbocycles. The zero-order valence-electron chi connectivity index (χ0n) is 22.2. The van der Waals surface area contributed by atoms with E-state index in [1.807, 2.05) is 0 Å². The Kier molecular flexibility index (Phi) is 2.17. The van der Waals surface area contributed by atoms with Gasteiger partial charge in [0.15, 0.2) is 11.5 Å². The Hall–Kier alpha value is -3.48. The molecule has 0 radical (unpaired) electrons. The highest BCUT2D eigenvalue weighted by atomic mass is 16.7. The maximum absolute atomic E-state index is 13.4. The minimum atomic E-state index is -2.66. The summed E-state index contributed by atoms with van der Waals surface area (Å²) in [5.74, 6) is -2.04. The number of carbonyl (C=O) groups excluding carboxylic acids is 2. The molecule has 3 aliphatic heterocycles. The van der Waals surface area contributed by atoms with Gasteiger partial charge in [-0.1, -0.05) is 24.2 Å². The van der Waals surface area contributed by atoms with Crippen LogP contribution in [0.3, 0.4) is 0 Å². The summed E-state index contributed by atoms with van der Waals surface area (Å²) in [5, 5.41) is 0.483. The number of H-pyrrole nitrogens is 1. The molecule has 4 heterocycles. The third-order valence-corrected chi connectivity index (χ3v) is 5.44. The van der Waals surface area contributed by atoms with Gasteiger partial charge in [-0.15, -0.1) is 0 Å². The molecule has 0 aliphatic carbocycles. The number of piperazine rings is 1. The van der Waals surface area contributed by atoms with Gasteiger partial charge < -0.3 is 24.3 Å². The molecule has 7 nitrogen and oxygen atoms in total. The van der Waals surface area contributed by atoms with E-state index < -0.39 is 66.6 Å². The molecule has 1 saturated heterocycles. The molecular formula is C22H19N3O4. The molecule has 1 unspecified atom stereocenters. The maximum atomic E-state index is 13.4. The highest BCUT2D eigenvalue weighted by Gasteiger charge is 2.47. The number of rotatable bonds is 1. The van der Waals surface area contributed by atoms with Crippen molar-refractivity contribution in [3.63, 3.8) is 0 Å². The van der Waals surface area contributed by atoms with Gasteiger partial charge in [0.2, 0.25) is 18.6 Å². The van der Waals surface area contributed by atoms with Gasteiger partial charge in [0.05, 0.1) is 16.7 Å². The SMILES string of the molecule is [2H]c1c([2H])c(C2c3[nH]c4ccccc4c3C([2H])([2H])[C@@H]3C(=O)N(C)CC(=O)N23)c([2H])c2c1OC([2H])([2H])O2. The summed E-state index contributed by atoms with van der Waals surface area (Å²) < 4.78 is 69.6. The van der Waals surface area contributed by atoms with Gasteiger partial charge in [-0.05, 0) is 29.3 Å². The van der Waals surface area contributed by atoms with E-state index in [1.165, 1.54) is 7.05 Å². The Labute approximate surface area is 176 Å². The van der Waals surface area contributed by atoms with Gasteiger partial charge in [0.25, 0.3) is 0 Å². The van der Waals surface area contributed by atoms with Gasteiger partial charge in [0.1, 0.15) is 8.78 Å². The molecule has 0 saturated carbocycles. The van der Waals surface area contributed by atoms with E-state index in [0.717, 1.165) is 9.80 Å². The van der Waals surface area contributed by atoms with Crippen LogP contribution < -0.4 is 9.47 Å². The number of aromatic amines is 1. The molecule has 1 N–H and O–H groups in total. The lowest BCUT2D eigenvalue weighted by Crippen LogP contribution is -2.62. The molecular weight excluding hydrogens is 370 g/mol. The van der Waals surface area contributed by atoms with E-state index in [4.69, 9.17) is 19.1 Å². The van der Waals surface area contributed by atoms with Gasteiger partial charge in [-0.2, -0.15) is 0 Å². The number of hydrogen-bond donors (Lipinski definition) is 1. The number of amides is 2. The number of para-hydroxylation sites is 1. The second kappa shape index (κ2) is 5.76. The Morgan fingerprint density at radius 2 is 2.03 bits per heavy atom. The summed E-state index contributed by atoms with van der Waals surface area (Å²) >= 11 is 0. The fourth-order valence-corrected chi connectivity index (χ4v) is 4.12. The van der Waals surface area contributed by atoms with Crippen LogP contribution in [0.2, 0.25) is 0 Å². The van der Waals surface area contributed by atoms with Crippen molar-refractivity contribution in [3.05, 3.63) is 59.2 Å². The summed E-state index contributed by atoms with van der Waals surface area (Å²) in [6.07, 6.45) is -2.32. The van der Waals surface area contributed by atoms with Gasteiger partial charge >= 0.3 is 0 Å². The van der Waals surface area contributed by atoms with Crippen LogP contribution in [-0.4, -0.2) is 53.0 Å². The molecule has 0 spiro atoms. The smallest absolute Gasteiger partial charge is 0.245 e. The first-order valence-corrected chi connectivity index (χ1v) is 9.04. The molecule has 3 aromatic rings. The molecule has 6 rings (SSSR count). The number of fused-ring (bicyclic) bond motifs is 5. The third kappa shape index (κ3) is 2.24. The Morgan fingerprint density at radius 3 is 2.93 bits per heavy atom. The molecule has 29 heavy (non-hydrogen) atoms. The lowest BCUT2D eigenvalue weighted by molar-refractivity contribution is -0.157. The number of ether oxygens (including phenoxy) is 2. The molecule has 0 bridgehead atoms. The van der Waals surface area contributed by atoms with Gasteiger partial charge in [-0.25, -0.2) is 0 Å². The Bertz CT molecular complexity index is 1500. The normalized spacial score (nSPS) is 29.8. The highest BCUT2D eigenvalue weighted by molar-refractivity contribution is 5.97. The van der Waals surface area contributed by atoms with Crippen LogP contribution in [0, 0.1) is 0 Å². The maximum Gasteiger partial charge on any atom is 0.245 e. The molecule has 1 aromatic heterocycles. The summed E-state index contributed by atoms with van der Waals surface area (Å²) in [4.78, 5) is 32.0. The van der Waals surface area contributed by atoms with Crippen LogP contribution in [0.4, 0.5) is 0 Å². The van der Waals surface area contributed by atoms with E-state index in [2.05, 4.69) is 4.98 Å². The zero-order valence-corrected chi connectivity index (χ0v) is 15.2. The highest BCUT2D eigenvalue weighted by Crippen LogP contribution is 2.44.